The highest BCUT2D eigenvalue weighted by Crippen LogP contribution is 2.70. The number of anilines is 3. The fraction of sp³-hybridized carbons (Fsp3) is 0.311. The third kappa shape index (κ3) is 4.75. The van der Waals surface area contributed by atoms with E-state index in [0.29, 0.717) is 0 Å². The first-order valence-corrected chi connectivity index (χ1v) is 23.6. The second-order valence-corrected chi connectivity index (χ2v) is 22.2. The minimum absolute atomic E-state index is 0.00982. The minimum Gasteiger partial charge on any atom is -0.310 e. The molecule has 1 nitrogen and oxygen atoms in total. The van der Waals surface area contributed by atoms with Crippen molar-refractivity contribution in [3.05, 3.63) is 196 Å². The predicted octanol–water partition coefficient (Wildman–Crippen LogP) is 15.8. The summed E-state index contributed by atoms with van der Waals surface area (Å²) in [5, 5.41) is 0. The summed E-state index contributed by atoms with van der Waals surface area (Å²) in [6.07, 6.45) is 7.08. The molecule has 306 valence electrons. The average Bonchev–Trinajstić information content (AvgIpc) is 3.84. The van der Waals surface area contributed by atoms with Crippen LogP contribution >= 0.6 is 0 Å². The molecule has 7 aromatic carbocycles. The van der Waals surface area contributed by atoms with Gasteiger partial charge in [0, 0.05) is 22.5 Å². The van der Waals surface area contributed by atoms with Crippen molar-refractivity contribution in [3.8, 4) is 33.4 Å². The molecule has 0 N–H and O–H groups in total. The van der Waals surface area contributed by atoms with Crippen LogP contribution in [0.5, 0.6) is 0 Å². The van der Waals surface area contributed by atoms with E-state index in [-0.39, 0.29) is 16.2 Å². The smallest absolute Gasteiger partial charge is 0.0726 e. The van der Waals surface area contributed by atoms with E-state index in [4.69, 9.17) is 0 Å². The second-order valence-electron chi connectivity index (χ2n) is 22.2. The van der Waals surface area contributed by atoms with Gasteiger partial charge in [-0.25, -0.2) is 0 Å². The molecule has 0 aromatic heterocycles. The Bertz CT molecular complexity index is 2910. The van der Waals surface area contributed by atoms with E-state index in [1.807, 2.05) is 0 Å². The maximum atomic E-state index is 2.58. The van der Waals surface area contributed by atoms with Crippen LogP contribution in [0.25, 0.3) is 33.4 Å². The van der Waals surface area contributed by atoms with Crippen molar-refractivity contribution in [2.75, 3.05) is 4.90 Å². The van der Waals surface area contributed by atoms with Crippen molar-refractivity contribution in [2.45, 2.75) is 95.3 Å². The molecule has 4 fully saturated rings. The van der Waals surface area contributed by atoms with Crippen LogP contribution in [0, 0.1) is 23.7 Å². The van der Waals surface area contributed by atoms with Crippen LogP contribution in [0.3, 0.4) is 0 Å². The Balaban J connectivity index is 1.05. The molecular weight excluding hydrogens is 747 g/mol. The largest absolute Gasteiger partial charge is 0.310 e. The van der Waals surface area contributed by atoms with Crippen molar-refractivity contribution in [1.29, 1.82) is 0 Å². The molecule has 0 heterocycles. The lowest BCUT2D eigenvalue weighted by Gasteiger charge is -2.61. The normalized spacial score (nSPS) is 23.8. The first kappa shape index (κ1) is 36.9. The molecule has 4 saturated carbocycles. The zero-order chi connectivity index (χ0) is 41.9. The van der Waals surface area contributed by atoms with Gasteiger partial charge in [0.15, 0.2) is 0 Å². The van der Waals surface area contributed by atoms with Gasteiger partial charge in [-0.2, -0.15) is 0 Å². The van der Waals surface area contributed by atoms with Gasteiger partial charge in [-0.3, -0.25) is 0 Å². The Kier molecular flexibility index (Phi) is 7.45. The Morgan fingerprint density at radius 1 is 0.371 bits per heavy atom. The molecule has 7 aromatic rings. The first-order chi connectivity index (χ1) is 30.0. The molecule has 7 aliphatic rings. The van der Waals surface area contributed by atoms with Crippen molar-refractivity contribution in [1.82, 2.24) is 0 Å². The Morgan fingerprint density at radius 3 is 1.42 bits per heavy atom. The van der Waals surface area contributed by atoms with Crippen molar-refractivity contribution in [2.24, 2.45) is 23.7 Å². The van der Waals surface area contributed by atoms with Gasteiger partial charge in [-0.1, -0.05) is 157 Å². The average molecular weight is 804 g/mol. The van der Waals surface area contributed by atoms with Crippen LogP contribution in [-0.4, -0.2) is 0 Å². The molecule has 2 spiro atoms. The summed E-state index contributed by atoms with van der Waals surface area (Å²) in [4.78, 5) is 2.55. The van der Waals surface area contributed by atoms with Crippen LogP contribution in [0.4, 0.5) is 17.1 Å². The molecule has 0 radical (unpaired) electrons. The van der Waals surface area contributed by atoms with Crippen molar-refractivity contribution < 1.29 is 0 Å². The van der Waals surface area contributed by atoms with Crippen LogP contribution in [0.1, 0.15) is 118 Å². The highest BCUT2D eigenvalue weighted by atomic mass is 15.1. The lowest BCUT2D eigenvalue weighted by molar-refractivity contribution is -0.0399. The molecule has 0 atom stereocenters. The molecule has 0 saturated heterocycles. The lowest BCUT2D eigenvalue weighted by Crippen LogP contribution is -2.55. The molecule has 7 aliphatic carbocycles. The number of fused-ring (bicyclic) bond motifs is 13. The molecule has 1 heteroatoms. The standard InChI is InChI=1S/C61H57N/c1-58(2,3)39-20-24-48-49-25-21-40(59(4,5)6)34-56(49)61(55(48)33-39)53-19-13-10-16-46(53)50-26-22-45(36-57(50)61)62(43-14-8-7-9-15-43)44-23-27-54-51(35-44)47-17-11-12-18-52(47)60(54)41-29-37-28-38(31-41)32-42(60)30-37/h7-27,33-38,41-42H,28-32H2,1-6H3. The second kappa shape index (κ2) is 12.5. The Labute approximate surface area is 368 Å². The maximum absolute atomic E-state index is 2.58. The third-order valence-corrected chi connectivity index (χ3v) is 17.0. The highest BCUT2D eigenvalue weighted by molar-refractivity contribution is 5.97. The fourth-order valence-electron chi connectivity index (χ4n) is 14.6. The van der Waals surface area contributed by atoms with Gasteiger partial charge in [0.05, 0.1) is 5.41 Å². The topological polar surface area (TPSA) is 3.24 Å². The van der Waals surface area contributed by atoms with E-state index in [1.54, 1.807) is 11.1 Å². The van der Waals surface area contributed by atoms with Gasteiger partial charge < -0.3 is 4.90 Å². The van der Waals surface area contributed by atoms with Crippen LogP contribution in [0.2, 0.25) is 0 Å². The van der Waals surface area contributed by atoms with Gasteiger partial charge in [0.25, 0.3) is 0 Å². The van der Waals surface area contributed by atoms with Crippen molar-refractivity contribution in [3.63, 3.8) is 0 Å². The van der Waals surface area contributed by atoms with E-state index >= 15 is 0 Å². The zero-order valence-electron chi connectivity index (χ0n) is 37.2. The van der Waals surface area contributed by atoms with Gasteiger partial charge >= 0.3 is 0 Å². The number of hydrogen-bond acceptors (Lipinski definition) is 1. The van der Waals surface area contributed by atoms with E-state index in [0.717, 1.165) is 23.7 Å². The van der Waals surface area contributed by atoms with Crippen LogP contribution < -0.4 is 4.90 Å². The summed E-state index contributed by atoms with van der Waals surface area (Å²) < 4.78 is 0. The zero-order valence-corrected chi connectivity index (χ0v) is 37.2. The maximum Gasteiger partial charge on any atom is 0.0726 e. The molecular formula is C61H57N. The third-order valence-electron chi connectivity index (χ3n) is 17.0. The molecule has 14 rings (SSSR count). The molecule has 62 heavy (non-hydrogen) atoms. The first-order valence-electron chi connectivity index (χ1n) is 23.6. The van der Waals surface area contributed by atoms with Gasteiger partial charge in [-0.15, -0.1) is 0 Å². The predicted molar refractivity (Wildman–Crippen MR) is 258 cm³/mol. The van der Waals surface area contributed by atoms with E-state index in [1.165, 1.54) is 116 Å². The van der Waals surface area contributed by atoms with Crippen LogP contribution in [0.15, 0.2) is 152 Å². The van der Waals surface area contributed by atoms with E-state index in [9.17, 15) is 0 Å². The Morgan fingerprint density at radius 2 is 0.823 bits per heavy atom. The number of hydrogen-bond donors (Lipinski definition) is 0. The lowest BCUT2D eigenvalue weighted by atomic mass is 9.43. The van der Waals surface area contributed by atoms with Crippen LogP contribution in [-0.2, 0) is 21.7 Å². The van der Waals surface area contributed by atoms with E-state index < -0.39 is 5.41 Å². The molecule has 0 aliphatic heterocycles. The quantitative estimate of drug-likeness (QED) is 0.172. The highest BCUT2D eigenvalue weighted by Gasteiger charge is 2.61. The minimum atomic E-state index is -0.458. The number of nitrogens with zero attached hydrogens (tertiary/aromatic N) is 1. The summed E-state index contributed by atoms with van der Waals surface area (Å²) >= 11 is 0. The summed E-state index contributed by atoms with van der Waals surface area (Å²) in [5.41, 5.74) is 23.2. The summed E-state index contributed by atoms with van der Waals surface area (Å²) in [5.74, 6) is 3.36. The number of rotatable bonds is 3. The Hall–Kier alpha value is -5.66. The summed E-state index contributed by atoms with van der Waals surface area (Å²) in [6, 6.07) is 59.8. The molecule has 4 bridgehead atoms. The molecule has 0 amide bonds. The monoisotopic (exact) mass is 803 g/mol. The summed E-state index contributed by atoms with van der Waals surface area (Å²) in [6.45, 7) is 14.1. The SMILES string of the molecule is CC(C)(C)c1ccc2c(c1)C1(c3ccccc3-c3ccc(N(c4ccccc4)c4ccc5c(c4)-c4ccccc4C54C5CC6CC(C5)CC4C6)cc31)c1cc(C(C)(C)C)ccc1-2. The number of benzene rings is 7. The van der Waals surface area contributed by atoms with Gasteiger partial charge in [0.2, 0.25) is 0 Å². The van der Waals surface area contributed by atoms with Crippen molar-refractivity contribution >= 4 is 17.1 Å². The fourth-order valence-corrected chi connectivity index (χ4v) is 14.6. The number of para-hydroxylation sites is 1. The van der Waals surface area contributed by atoms with E-state index in [2.05, 4.69) is 198 Å². The summed E-state index contributed by atoms with van der Waals surface area (Å²) in [7, 11) is 0. The van der Waals surface area contributed by atoms with Gasteiger partial charge in [0.1, 0.15) is 0 Å². The van der Waals surface area contributed by atoms with Gasteiger partial charge in [-0.05, 0) is 181 Å². The molecule has 0 unspecified atom stereocenters.